The Balaban J connectivity index is 1.25. The number of amides is 1. The Bertz CT molecular complexity index is 2380. The van der Waals surface area contributed by atoms with E-state index in [1.165, 1.54) is 0 Å². The number of piperazine rings is 1. The molecule has 8 rings (SSSR count). The number of anilines is 1. The summed E-state index contributed by atoms with van der Waals surface area (Å²) in [4.78, 5) is 26.8. The molecule has 266 valence electrons. The standard InChI is InChI=1S/C43H38ClN5O4/c1-43(2,3)53-42(50)49-30-17-18-31(49)25-48(24-30)40-36-22-39(52-38-16-10-8-14-29(38)23-45)35(21-37(36)46-41(44)47-40)34-20-32(19-28-13-7-9-15-33(28)34)51-26-27-11-5-4-6-12-27/h4-16,19-22,30-31H,17-18,24-26H2,1-3H3/t30-,31+. The van der Waals surface area contributed by atoms with Gasteiger partial charge in [0.2, 0.25) is 5.28 Å². The molecule has 0 saturated carbocycles. The number of benzene rings is 5. The van der Waals surface area contributed by atoms with E-state index in [4.69, 9.17) is 35.8 Å². The van der Waals surface area contributed by atoms with Crippen LogP contribution in [0.15, 0.2) is 103 Å². The van der Waals surface area contributed by atoms with Crippen LogP contribution in [0.3, 0.4) is 0 Å². The molecule has 2 aliphatic rings. The van der Waals surface area contributed by atoms with Crippen molar-refractivity contribution in [2.24, 2.45) is 0 Å². The zero-order valence-electron chi connectivity index (χ0n) is 29.8. The lowest BCUT2D eigenvalue weighted by atomic mass is 9.95. The number of carbonyl (C=O) groups is 1. The third-order valence-corrected chi connectivity index (χ3v) is 9.91. The van der Waals surface area contributed by atoms with Gasteiger partial charge in [-0.3, -0.25) is 4.90 Å². The molecule has 2 fully saturated rings. The maximum atomic E-state index is 13.2. The van der Waals surface area contributed by atoms with Crippen LogP contribution in [0.2, 0.25) is 5.28 Å². The number of ether oxygens (including phenoxy) is 3. The molecule has 2 atom stereocenters. The average molecular weight is 724 g/mol. The maximum Gasteiger partial charge on any atom is 0.410 e. The molecule has 0 N–H and O–H groups in total. The number of aromatic nitrogens is 2. The first-order valence-corrected chi connectivity index (χ1v) is 18.2. The predicted octanol–water partition coefficient (Wildman–Crippen LogP) is 9.93. The molecular formula is C43H38ClN5O4. The number of para-hydroxylation sites is 1. The Morgan fingerprint density at radius 1 is 0.849 bits per heavy atom. The van der Waals surface area contributed by atoms with Gasteiger partial charge < -0.3 is 19.1 Å². The molecule has 1 amide bonds. The number of nitrogens with zero attached hydrogens (tertiary/aromatic N) is 5. The number of carbonyl (C=O) groups excluding carboxylic acids is 1. The van der Waals surface area contributed by atoms with Crippen LogP contribution in [-0.4, -0.2) is 51.7 Å². The summed E-state index contributed by atoms with van der Waals surface area (Å²) in [6.45, 7) is 7.20. The van der Waals surface area contributed by atoms with Crippen LogP contribution >= 0.6 is 11.6 Å². The second-order valence-electron chi connectivity index (χ2n) is 14.5. The Kier molecular flexibility index (Phi) is 9.01. The highest BCUT2D eigenvalue weighted by molar-refractivity contribution is 6.29. The number of hydrogen-bond donors (Lipinski definition) is 0. The topological polar surface area (TPSA) is 101 Å². The van der Waals surface area contributed by atoms with Crippen molar-refractivity contribution in [2.75, 3.05) is 18.0 Å². The van der Waals surface area contributed by atoms with E-state index in [2.05, 4.69) is 23.1 Å². The van der Waals surface area contributed by atoms with E-state index in [0.717, 1.165) is 45.7 Å². The quantitative estimate of drug-likeness (QED) is 0.150. The van der Waals surface area contributed by atoms with E-state index in [9.17, 15) is 10.1 Å². The van der Waals surface area contributed by atoms with Crippen LogP contribution in [-0.2, 0) is 11.3 Å². The first-order chi connectivity index (χ1) is 25.6. The zero-order chi connectivity index (χ0) is 36.7. The van der Waals surface area contributed by atoms with Gasteiger partial charge in [0.15, 0.2) is 0 Å². The van der Waals surface area contributed by atoms with Crippen LogP contribution in [0.1, 0.15) is 44.7 Å². The van der Waals surface area contributed by atoms with Crippen molar-refractivity contribution in [3.8, 4) is 34.4 Å². The van der Waals surface area contributed by atoms with Crippen molar-refractivity contribution in [1.29, 1.82) is 5.26 Å². The van der Waals surface area contributed by atoms with Gasteiger partial charge in [-0.15, -0.1) is 0 Å². The monoisotopic (exact) mass is 723 g/mol. The third-order valence-electron chi connectivity index (χ3n) is 9.74. The molecule has 53 heavy (non-hydrogen) atoms. The zero-order valence-corrected chi connectivity index (χ0v) is 30.5. The SMILES string of the molecule is CC(C)(C)OC(=O)N1[C@@H]2CC[C@H]1CN(c1nc(Cl)nc3cc(-c4cc(OCc5ccccc5)cc5ccccc45)c(Oc4ccccc4C#N)cc13)C2. The van der Waals surface area contributed by atoms with Gasteiger partial charge in [0.05, 0.1) is 23.2 Å². The molecule has 0 radical (unpaired) electrons. The Morgan fingerprint density at radius 2 is 1.57 bits per heavy atom. The molecule has 2 bridgehead atoms. The fourth-order valence-electron chi connectivity index (χ4n) is 7.43. The minimum Gasteiger partial charge on any atom is -0.489 e. The Hall–Kier alpha value is -5.85. The van der Waals surface area contributed by atoms with Gasteiger partial charge in [0.25, 0.3) is 0 Å². The molecule has 1 aromatic heterocycles. The van der Waals surface area contributed by atoms with Gasteiger partial charge >= 0.3 is 6.09 Å². The van der Waals surface area contributed by atoms with Crippen molar-refractivity contribution in [1.82, 2.24) is 14.9 Å². The van der Waals surface area contributed by atoms with Gasteiger partial charge in [-0.05, 0) is 104 Å². The summed E-state index contributed by atoms with van der Waals surface area (Å²) in [7, 11) is 0. The van der Waals surface area contributed by atoms with E-state index < -0.39 is 5.60 Å². The molecule has 0 unspecified atom stereocenters. The molecule has 0 aliphatic carbocycles. The minimum atomic E-state index is -0.582. The second-order valence-corrected chi connectivity index (χ2v) is 14.9. The summed E-state index contributed by atoms with van der Waals surface area (Å²) >= 11 is 6.69. The predicted molar refractivity (Wildman–Crippen MR) is 207 cm³/mol. The van der Waals surface area contributed by atoms with Gasteiger partial charge in [-0.25, -0.2) is 9.78 Å². The smallest absolute Gasteiger partial charge is 0.410 e. The van der Waals surface area contributed by atoms with Gasteiger partial charge in [-0.1, -0.05) is 66.7 Å². The fraction of sp³-hybridized carbons (Fsp3) is 0.256. The van der Waals surface area contributed by atoms with E-state index in [-0.39, 0.29) is 23.5 Å². The lowest BCUT2D eigenvalue weighted by Gasteiger charge is -2.42. The third kappa shape index (κ3) is 7.03. The summed E-state index contributed by atoms with van der Waals surface area (Å²) in [6.07, 6.45) is 1.46. The average Bonchev–Trinajstić information content (AvgIpc) is 3.42. The fourth-order valence-corrected chi connectivity index (χ4v) is 7.60. The van der Waals surface area contributed by atoms with Crippen molar-refractivity contribution in [3.05, 3.63) is 120 Å². The Labute approximate surface area is 313 Å². The highest BCUT2D eigenvalue weighted by Gasteiger charge is 2.45. The normalized spacial score (nSPS) is 16.8. The summed E-state index contributed by atoms with van der Waals surface area (Å²) < 4.78 is 18.8. The van der Waals surface area contributed by atoms with E-state index in [1.54, 1.807) is 12.1 Å². The van der Waals surface area contributed by atoms with Crippen LogP contribution in [0.5, 0.6) is 17.2 Å². The molecular weight excluding hydrogens is 686 g/mol. The number of hydrogen-bond acceptors (Lipinski definition) is 8. The lowest BCUT2D eigenvalue weighted by molar-refractivity contribution is 0.0123. The summed E-state index contributed by atoms with van der Waals surface area (Å²) in [5.41, 5.74) is 3.15. The van der Waals surface area contributed by atoms with Crippen LogP contribution in [0, 0.1) is 11.3 Å². The van der Waals surface area contributed by atoms with Gasteiger partial charge in [0.1, 0.15) is 41.3 Å². The number of nitriles is 1. The van der Waals surface area contributed by atoms with Crippen molar-refractivity contribution < 1.29 is 19.0 Å². The molecule has 6 aromatic rings. The minimum absolute atomic E-state index is 0.0325. The van der Waals surface area contributed by atoms with Gasteiger partial charge in [-0.2, -0.15) is 10.2 Å². The molecule has 9 nitrogen and oxygen atoms in total. The maximum absolute atomic E-state index is 13.2. The molecule has 2 saturated heterocycles. The molecule has 5 aromatic carbocycles. The second kappa shape index (κ2) is 13.9. The lowest BCUT2D eigenvalue weighted by Crippen LogP contribution is -2.57. The summed E-state index contributed by atoms with van der Waals surface area (Å²) in [5.74, 6) is 2.31. The Morgan fingerprint density at radius 3 is 2.32 bits per heavy atom. The van der Waals surface area contributed by atoms with Crippen LogP contribution in [0.4, 0.5) is 10.6 Å². The largest absolute Gasteiger partial charge is 0.489 e. The number of halogens is 1. The van der Waals surface area contributed by atoms with Crippen LogP contribution in [0.25, 0.3) is 32.8 Å². The van der Waals surface area contributed by atoms with Crippen molar-refractivity contribution >= 4 is 45.2 Å². The summed E-state index contributed by atoms with van der Waals surface area (Å²) in [6, 6.07) is 35.5. The van der Waals surface area contributed by atoms with E-state index in [1.807, 2.05) is 105 Å². The highest BCUT2D eigenvalue weighted by atomic mass is 35.5. The molecule has 3 heterocycles. The van der Waals surface area contributed by atoms with Crippen molar-refractivity contribution in [2.45, 2.75) is 57.9 Å². The summed E-state index contributed by atoms with van der Waals surface area (Å²) in [5, 5.41) is 12.8. The number of fused-ring (bicyclic) bond motifs is 4. The highest BCUT2D eigenvalue weighted by Crippen LogP contribution is 2.44. The molecule has 10 heteroatoms. The molecule has 2 aliphatic heterocycles. The van der Waals surface area contributed by atoms with Crippen molar-refractivity contribution in [3.63, 3.8) is 0 Å². The van der Waals surface area contributed by atoms with E-state index in [0.29, 0.717) is 53.8 Å². The van der Waals surface area contributed by atoms with E-state index >= 15 is 0 Å². The first kappa shape index (κ1) is 34.2. The van der Waals surface area contributed by atoms with Crippen LogP contribution < -0.4 is 14.4 Å². The molecule has 0 spiro atoms. The number of rotatable bonds is 7. The van der Waals surface area contributed by atoms with Gasteiger partial charge in [0, 0.05) is 24.0 Å². The first-order valence-electron chi connectivity index (χ1n) is 17.8.